The molecule has 0 aliphatic carbocycles. The number of aromatic nitrogens is 2. The summed E-state index contributed by atoms with van der Waals surface area (Å²) in [5, 5.41) is 14.6. The normalized spacial score (nSPS) is 11.7. The van der Waals surface area contributed by atoms with Gasteiger partial charge in [-0.05, 0) is 24.6 Å². The SMILES string of the molecule is CCc1nn(-c2cccc(C(F)(F)F)c2)c(Cl)c1[N+](=O)[O-]. The second kappa shape index (κ2) is 5.36. The first-order chi connectivity index (χ1) is 9.75. The highest BCUT2D eigenvalue weighted by atomic mass is 35.5. The second-order valence-electron chi connectivity index (χ2n) is 4.16. The van der Waals surface area contributed by atoms with Gasteiger partial charge in [-0.3, -0.25) is 10.1 Å². The van der Waals surface area contributed by atoms with Gasteiger partial charge in [0.25, 0.3) is 0 Å². The van der Waals surface area contributed by atoms with Crippen molar-refractivity contribution in [1.29, 1.82) is 0 Å². The quantitative estimate of drug-likeness (QED) is 0.634. The van der Waals surface area contributed by atoms with E-state index in [1.54, 1.807) is 6.92 Å². The van der Waals surface area contributed by atoms with Crippen LogP contribution >= 0.6 is 11.6 Å². The predicted molar refractivity (Wildman–Crippen MR) is 69.6 cm³/mol. The van der Waals surface area contributed by atoms with Crippen LogP contribution in [0.1, 0.15) is 18.2 Å². The van der Waals surface area contributed by atoms with Gasteiger partial charge in [0.1, 0.15) is 5.69 Å². The van der Waals surface area contributed by atoms with Crippen molar-refractivity contribution in [3.05, 3.63) is 50.8 Å². The summed E-state index contributed by atoms with van der Waals surface area (Å²) >= 11 is 5.88. The van der Waals surface area contributed by atoms with Crippen LogP contribution in [0, 0.1) is 10.1 Å². The molecular weight excluding hydrogens is 311 g/mol. The molecule has 1 heterocycles. The van der Waals surface area contributed by atoms with Gasteiger partial charge in [0.05, 0.1) is 16.2 Å². The summed E-state index contributed by atoms with van der Waals surface area (Å²) in [5.41, 5.74) is -1.15. The van der Waals surface area contributed by atoms with Gasteiger partial charge in [-0.15, -0.1) is 0 Å². The zero-order chi connectivity index (χ0) is 15.8. The van der Waals surface area contributed by atoms with Crippen molar-refractivity contribution in [3.63, 3.8) is 0 Å². The van der Waals surface area contributed by atoms with Gasteiger partial charge in [-0.25, -0.2) is 4.68 Å². The Labute approximate surface area is 122 Å². The number of nitrogens with zero attached hydrogens (tertiary/aromatic N) is 3. The molecule has 0 amide bonds. The van der Waals surface area contributed by atoms with Gasteiger partial charge in [-0.2, -0.15) is 18.3 Å². The molecule has 0 atom stereocenters. The number of aryl methyl sites for hydroxylation is 1. The first-order valence-corrected chi connectivity index (χ1v) is 6.23. The molecule has 112 valence electrons. The summed E-state index contributed by atoms with van der Waals surface area (Å²) in [6.45, 7) is 1.64. The van der Waals surface area contributed by atoms with Crippen LogP contribution in [0.3, 0.4) is 0 Å². The molecule has 0 bridgehead atoms. The van der Waals surface area contributed by atoms with Crippen molar-refractivity contribution in [1.82, 2.24) is 9.78 Å². The zero-order valence-electron chi connectivity index (χ0n) is 10.7. The minimum Gasteiger partial charge on any atom is -0.258 e. The van der Waals surface area contributed by atoms with Crippen LogP contribution in [0.4, 0.5) is 18.9 Å². The van der Waals surface area contributed by atoms with Crippen molar-refractivity contribution in [3.8, 4) is 5.69 Å². The van der Waals surface area contributed by atoms with E-state index >= 15 is 0 Å². The van der Waals surface area contributed by atoms with Crippen LogP contribution in [-0.4, -0.2) is 14.7 Å². The lowest BCUT2D eigenvalue weighted by Crippen LogP contribution is -2.06. The Kier molecular flexibility index (Phi) is 3.91. The molecule has 0 spiro atoms. The van der Waals surface area contributed by atoms with E-state index in [0.717, 1.165) is 16.8 Å². The Morgan fingerprint density at radius 1 is 1.43 bits per heavy atom. The molecule has 0 aliphatic heterocycles. The average molecular weight is 320 g/mol. The standard InChI is InChI=1S/C12H9ClF3N3O2/c1-2-9-10(19(20)21)11(13)18(17-9)8-5-3-4-7(6-8)12(14,15)16/h3-6H,2H2,1H3. The fraction of sp³-hybridized carbons (Fsp3) is 0.250. The van der Waals surface area contributed by atoms with Gasteiger partial charge in [0.15, 0.2) is 0 Å². The molecule has 0 aliphatic rings. The van der Waals surface area contributed by atoms with Crippen LogP contribution in [-0.2, 0) is 12.6 Å². The lowest BCUT2D eigenvalue weighted by Gasteiger charge is -2.08. The molecule has 0 radical (unpaired) electrons. The van der Waals surface area contributed by atoms with Gasteiger partial charge >= 0.3 is 11.9 Å². The summed E-state index contributed by atoms with van der Waals surface area (Å²) < 4.78 is 39.0. The summed E-state index contributed by atoms with van der Waals surface area (Å²) in [4.78, 5) is 10.3. The zero-order valence-corrected chi connectivity index (χ0v) is 11.4. The van der Waals surface area contributed by atoms with Crippen molar-refractivity contribution in [2.24, 2.45) is 0 Å². The second-order valence-corrected chi connectivity index (χ2v) is 4.51. The third kappa shape index (κ3) is 2.85. The Morgan fingerprint density at radius 2 is 2.10 bits per heavy atom. The molecule has 0 unspecified atom stereocenters. The maximum atomic E-state index is 12.7. The Bertz CT molecular complexity index is 698. The lowest BCUT2D eigenvalue weighted by atomic mass is 10.2. The number of rotatable bonds is 3. The van der Waals surface area contributed by atoms with Crippen LogP contribution in [0.5, 0.6) is 0 Å². The van der Waals surface area contributed by atoms with E-state index in [2.05, 4.69) is 5.10 Å². The maximum Gasteiger partial charge on any atom is 0.416 e. The van der Waals surface area contributed by atoms with E-state index in [1.807, 2.05) is 0 Å². The van der Waals surface area contributed by atoms with Crippen LogP contribution < -0.4 is 0 Å². The van der Waals surface area contributed by atoms with Crippen molar-refractivity contribution in [2.45, 2.75) is 19.5 Å². The third-order valence-corrected chi connectivity index (χ3v) is 3.15. The van der Waals surface area contributed by atoms with E-state index < -0.39 is 22.4 Å². The fourth-order valence-electron chi connectivity index (χ4n) is 1.84. The molecule has 2 aromatic rings. The maximum absolute atomic E-state index is 12.7. The van der Waals surface area contributed by atoms with Gasteiger partial charge < -0.3 is 0 Å². The summed E-state index contributed by atoms with van der Waals surface area (Å²) in [5.74, 6) is 0. The highest BCUT2D eigenvalue weighted by Crippen LogP contribution is 2.34. The lowest BCUT2D eigenvalue weighted by molar-refractivity contribution is -0.385. The minimum atomic E-state index is -4.52. The van der Waals surface area contributed by atoms with Gasteiger partial charge in [0, 0.05) is 0 Å². The van der Waals surface area contributed by atoms with Crippen LogP contribution in [0.15, 0.2) is 24.3 Å². The smallest absolute Gasteiger partial charge is 0.258 e. The number of hydrogen-bond acceptors (Lipinski definition) is 3. The first kappa shape index (κ1) is 15.3. The average Bonchev–Trinajstić information content (AvgIpc) is 2.75. The number of hydrogen-bond donors (Lipinski definition) is 0. The monoisotopic (exact) mass is 319 g/mol. The van der Waals surface area contributed by atoms with Crippen LogP contribution in [0.25, 0.3) is 5.69 Å². The first-order valence-electron chi connectivity index (χ1n) is 5.85. The Morgan fingerprint density at radius 3 is 2.57 bits per heavy atom. The number of halogens is 4. The molecule has 21 heavy (non-hydrogen) atoms. The minimum absolute atomic E-state index is 0.0117. The molecule has 0 fully saturated rings. The Balaban J connectivity index is 2.60. The largest absolute Gasteiger partial charge is 0.416 e. The molecule has 1 aromatic heterocycles. The third-order valence-electron chi connectivity index (χ3n) is 2.81. The summed E-state index contributed by atoms with van der Waals surface area (Å²) in [7, 11) is 0. The molecule has 0 saturated carbocycles. The molecule has 1 aromatic carbocycles. The predicted octanol–water partition coefficient (Wildman–Crippen LogP) is 4.02. The van der Waals surface area contributed by atoms with Crippen molar-refractivity contribution >= 4 is 17.3 Å². The molecule has 5 nitrogen and oxygen atoms in total. The highest BCUT2D eigenvalue weighted by Gasteiger charge is 2.31. The summed E-state index contributed by atoms with van der Waals surface area (Å²) in [6, 6.07) is 4.27. The Hall–Kier alpha value is -2.09. The molecule has 0 saturated heterocycles. The van der Waals surface area contributed by atoms with E-state index in [1.165, 1.54) is 12.1 Å². The van der Waals surface area contributed by atoms with Gasteiger partial charge in [0.2, 0.25) is 5.15 Å². The highest BCUT2D eigenvalue weighted by molar-refractivity contribution is 6.32. The number of alkyl halides is 3. The van der Waals surface area contributed by atoms with E-state index in [9.17, 15) is 23.3 Å². The van der Waals surface area contributed by atoms with E-state index in [0.29, 0.717) is 0 Å². The topological polar surface area (TPSA) is 61.0 Å². The fourth-order valence-corrected chi connectivity index (χ4v) is 2.15. The van der Waals surface area contributed by atoms with Crippen LogP contribution in [0.2, 0.25) is 5.15 Å². The van der Waals surface area contributed by atoms with E-state index in [-0.39, 0.29) is 23.0 Å². The van der Waals surface area contributed by atoms with E-state index in [4.69, 9.17) is 11.6 Å². The summed E-state index contributed by atoms with van der Waals surface area (Å²) in [6.07, 6.45) is -4.28. The van der Waals surface area contributed by atoms with Gasteiger partial charge in [-0.1, -0.05) is 24.6 Å². The molecule has 0 N–H and O–H groups in total. The molecule has 2 rings (SSSR count). The number of benzene rings is 1. The molecular formula is C12H9ClF3N3O2. The van der Waals surface area contributed by atoms with Crippen molar-refractivity contribution < 1.29 is 18.1 Å². The molecule has 9 heteroatoms. The number of nitro groups is 1. The van der Waals surface area contributed by atoms with Crippen molar-refractivity contribution in [2.75, 3.05) is 0 Å².